The molecule has 0 saturated heterocycles. The van der Waals surface area contributed by atoms with Gasteiger partial charge in [0.1, 0.15) is 0 Å². The fourth-order valence-electron chi connectivity index (χ4n) is 1.61. The Morgan fingerprint density at radius 3 is 2.71 bits per heavy atom. The molecule has 0 bridgehead atoms. The first kappa shape index (κ1) is 11.2. The van der Waals surface area contributed by atoms with E-state index in [1.165, 1.54) is 0 Å². The topological polar surface area (TPSA) is 33.1 Å². The molecule has 1 N–H and O–H groups in total. The van der Waals surface area contributed by atoms with Gasteiger partial charge in [0, 0.05) is 6.20 Å². The summed E-state index contributed by atoms with van der Waals surface area (Å²) >= 11 is 0. The van der Waals surface area contributed by atoms with Crippen LogP contribution in [0.25, 0.3) is 0 Å². The minimum absolute atomic E-state index is 0.393. The summed E-state index contributed by atoms with van der Waals surface area (Å²) in [6.45, 7) is 6.15. The highest BCUT2D eigenvalue weighted by Gasteiger charge is 2.10. The van der Waals surface area contributed by atoms with E-state index in [9.17, 15) is 5.11 Å². The highest BCUT2D eigenvalue weighted by molar-refractivity contribution is 5.24. The Labute approximate surface area is 86.0 Å². The van der Waals surface area contributed by atoms with Crippen LogP contribution >= 0.6 is 0 Å². The van der Waals surface area contributed by atoms with Crippen LogP contribution in [0.1, 0.15) is 49.1 Å². The molecule has 0 spiro atoms. The van der Waals surface area contributed by atoms with Crippen LogP contribution in [0.5, 0.6) is 0 Å². The predicted octanol–water partition coefficient (Wildman–Crippen LogP) is 2.92. The summed E-state index contributed by atoms with van der Waals surface area (Å²) in [5, 5.41) is 9.86. The molecule has 0 aliphatic rings. The zero-order chi connectivity index (χ0) is 10.6. The van der Waals surface area contributed by atoms with Crippen molar-refractivity contribution in [3.05, 3.63) is 29.1 Å². The molecule has 1 atom stereocenters. The van der Waals surface area contributed by atoms with E-state index in [0.717, 1.165) is 36.1 Å². The highest BCUT2D eigenvalue weighted by atomic mass is 16.3. The maximum atomic E-state index is 9.86. The molecule has 0 amide bonds. The molecule has 0 saturated carbocycles. The fraction of sp³-hybridized carbons (Fsp3) is 0.583. The van der Waals surface area contributed by atoms with Gasteiger partial charge in [-0.1, -0.05) is 25.8 Å². The number of nitrogens with zero attached hydrogens (tertiary/aromatic N) is 1. The Bertz CT molecular complexity index is 296. The Kier molecular flexibility index (Phi) is 4.08. The third-order valence-electron chi connectivity index (χ3n) is 2.40. The number of hydrogen-bond acceptors (Lipinski definition) is 2. The zero-order valence-corrected chi connectivity index (χ0v) is 9.25. The van der Waals surface area contributed by atoms with Crippen molar-refractivity contribution in [2.45, 2.75) is 46.1 Å². The number of aliphatic hydroxyl groups is 1. The van der Waals surface area contributed by atoms with Crippen molar-refractivity contribution in [3.8, 4) is 0 Å². The third kappa shape index (κ3) is 2.81. The van der Waals surface area contributed by atoms with Gasteiger partial charge in [0.15, 0.2) is 0 Å². The summed E-state index contributed by atoms with van der Waals surface area (Å²) in [6, 6.07) is 2.07. The molecule has 2 heteroatoms. The van der Waals surface area contributed by atoms with Gasteiger partial charge >= 0.3 is 0 Å². The molecule has 1 heterocycles. The van der Waals surface area contributed by atoms with Crippen LogP contribution in [0, 0.1) is 13.8 Å². The Morgan fingerprint density at radius 2 is 2.14 bits per heavy atom. The molecule has 0 aliphatic heterocycles. The summed E-state index contributed by atoms with van der Waals surface area (Å²) in [7, 11) is 0. The average Bonchev–Trinajstić information content (AvgIpc) is 2.14. The second kappa shape index (κ2) is 5.11. The minimum atomic E-state index is -0.393. The maximum Gasteiger partial charge on any atom is 0.0962 e. The standard InChI is InChI=1S/C12H19NO/c1-4-5-6-11(14)12-10(3)7-9(2)8-13-12/h7-8,11,14H,4-6H2,1-3H3. The summed E-state index contributed by atoms with van der Waals surface area (Å²) < 4.78 is 0. The van der Waals surface area contributed by atoms with Gasteiger partial charge in [-0.15, -0.1) is 0 Å². The summed E-state index contributed by atoms with van der Waals surface area (Å²) in [5.74, 6) is 0. The van der Waals surface area contributed by atoms with Gasteiger partial charge in [-0.3, -0.25) is 4.98 Å². The molecule has 1 aromatic rings. The van der Waals surface area contributed by atoms with E-state index in [1.54, 1.807) is 0 Å². The lowest BCUT2D eigenvalue weighted by Crippen LogP contribution is -2.03. The number of aliphatic hydroxyl groups excluding tert-OH is 1. The molecule has 1 aromatic heterocycles. The molecule has 0 aromatic carbocycles. The van der Waals surface area contributed by atoms with Crippen molar-refractivity contribution in [3.63, 3.8) is 0 Å². The van der Waals surface area contributed by atoms with Crippen LogP contribution in [-0.4, -0.2) is 10.1 Å². The second-order valence-corrected chi connectivity index (χ2v) is 3.87. The monoisotopic (exact) mass is 193 g/mol. The summed E-state index contributed by atoms with van der Waals surface area (Å²) in [5.41, 5.74) is 3.08. The van der Waals surface area contributed by atoms with Gasteiger partial charge in [-0.2, -0.15) is 0 Å². The van der Waals surface area contributed by atoms with Crippen molar-refractivity contribution in [2.75, 3.05) is 0 Å². The van der Waals surface area contributed by atoms with Crippen LogP contribution in [0.4, 0.5) is 0 Å². The molecular formula is C12H19NO. The third-order valence-corrected chi connectivity index (χ3v) is 2.40. The number of pyridine rings is 1. The normalized spacial score (nSPS) is 12.9. The first-order valence-corrected chi connectivity index (χ1v) is 5.26. The quantitative estimate of drug-likeness (QED) is 0.797. The van der Waals surface area contributed by atoms with Crippen molar-refractivity contribution < 1.29 is 5.11 Å². The van der Waals surface area contributed by atoms with E-state index in [2.05, 4.69) is 18.0 Å². The van der Waals surface area contributed by atoms with Crippen molar-refractivity contribution in [1.82, 2.24) is 4.98 Å². The van der Waals surface area contributed by atoms with E-state index < -0.39 is 6.10 Å². The second-order valence-electron chi connectivity index (χ2n) is 3.87. The van der Waals surface area contributed by atoms with Gasteiger partial charge in [-0.25, -0.2) is 0 Å². The molecule has 78 valence electrons. The number of aromatic nitrogens is 1. The molecule has 2 nitrogen and oxygen atoms in total. The van der Waals surface area contributed by atoms with Gasteiger partial charge in [0.2, 0.25) is 0 Å². The zero-order valence-electron chi connectivity index (χ0n) is 9.25. The van der Waals surface area contributed by atoms with Gasteiger partial charge in [0.05, 0.1) is 11.8 Å². The van der Waals surface area contributed by atoms with Crippen molar-refractivity contribution in [2.24, 2.45) is 0 Å². The van der Waals surface area contributed by atoms with Crippen LogP contribution < -0.4 is 0 Å². The SMILES string of the molecule is CCCCC(O)c1ncc(C)cc1C. The molecule has 0 radical (unpaired) electrons. The smallest absolute Gasteiger partial charge is 0.0962 e. The number of aryl methyl sites for hydroxylation is 2. The van der Waals surface area contributed by atoms with E-state index in [4.69, 9.17) is 0 Å². The summed E-state index contributed by atoms with van der Waals surface area (Å²) in [4.78, 5) is 4.28. The number of hydrogen-bond donors (Lipinski definition) is 1. The first-order chi connectivity index (χ1) is 6.65. The predicted molar refractivity (Wildman–Crippen MR) is 58.2 cm³/mol. The molecular weight excluding hydrogens is 174 g/mol. The lowest BCUT2D eigenvalue weighted by molar-refractivity contribution is 0.159. The van der Waals surface area contributed by atoms with Crippen molar-refractivity contribution >= 4 is 0 Å². The van der Waals surface area contributed by atoms with Gasteiger partial charge in [0.25, 0.3) is 0 Å². The van der Waals surface area contributed by atoms with Gasteiger partial charge < -0.3 is 5.11 Å². The van der Waals surface area contributed by atoms with Gasteiger partial charge in [-0.05, 0) is 31.4 Å². The number of rotatable bonds is 4. The van der Waals surface area contributed by atoms with E-state index in [1.807, 2.05) is 20.0 Å². The van der Waals surface area contributed by atoms with E-state index in [-0.39, 0.29) is 0 Å². The average molecular weight is 193 g/mol. The Hall–Kier alpha value is -0.890. The van der Waals surface area contributed by atoms with Crippen LogP contribution in [-0.2, 0) is 0 Å². The molecule has 1 rings (SSSR count). The van der Waals surface area contributed by atoms with Crippen molar-refractivity contribution in [1.29, 1.82) is 0 Å². The fourth-order valence-corrected chi connectivity index (χ4v) is 1.61. The molecule has 14 heavy (non-hydrogen) atoms. The lowest BCUT2D eigenvalue weighted by Gasteiger charge is -2.12. The minimum Gasteiger partial charge on any atom is -0.387 e. The lowest BCUT2D eigenvalue weighted by atomic mass is 10.0. The van der Waals surface area contributed by atoms with E-state index >= 15 is 0 Å². The molecule has 0 fully saturated rings. The van der Waals surface area contributed by atoms with Crippen LogP contribution in [0.3, 0.4) is 0 Å². The molecule has 0 aliphatic carbocycles. The maximum absolute atomic E-state index is 9.86. The van der Waals surface area contributed by atoms with Crippen LogP contribution in [0.15, 0.2) is 12.3 Å². The van der Waals surface area contributed by atoms with Crippen LogP contribution in [0.2, 0.25) is 0 Å². The largest absolute Gasteiger partial charge is 0.387 e. The Balaban J connectivity index is 2.74. The van der Waals surface area contributed by atoms with E-state index in [0.29, 0.717) is 0 Å². The first-order valence-electron chi connectivity index (χ1n) is 5.26. The highest BCUT2D eigenvalue weighted by Crippen LogP contribution is 2.20. The molecule has 1 unspecified atom stereocenters. The number of unbranched alkanes of at least 4 members (excludes halogenated alkanes) is 1. The summed E-state index contributed by atoms with van der Waals surface area (Å²) in [6.07, 6.45) is 4.40. The Morgan fingerprint density at radius 1 is 1.43 bits per heavy atom.